The SMILES string of the molecule is CCC(N)Cc1ccc(Br)cc1Oc1cccc(C)c1C. The minimum Gasteiger partial charge on any atom is -0.457 e. The summed E-state index contributed by atoms with van der Waals surface area (Å²) in [5.41, 5.74) is 9.64. The van der Waals surface area contributed by atoms with E-state index in [1.807, 2.05) is 24.3 Å². The predicted molar refractivity (Wildman–Crippen MR) is 92.1 cm³/mol. The van der Waals surface area contributed by atoms with Crippen molar-refractivity contribution in [1.82, 2.24) is 0 Å². The summed E-state index contributed by atoms with van der Waals surface area (Å²) >= 11 is 3.51. The van der Waals surface area contributed by atoms with E-state index in [-0.39, 0.29) is 6.04 Å². The zero-order valence-corrected chi connectivity index (χ0v) is 14.4. The highest BCUT2D eigenvalue weighted by Crippen LogP contribution is 2.32. The Balaban J connectivity index is 2.34. The summed E-state index contributed by atoms with van der Waals surface area (Å²) in [7, 11) is 0. The molecule has 2 aromatic rings. The van der Waals surface area contributed by atoms with Gasteiger partial charge >= 0.3 is 0 Å². The summed E-state index contributed by atoms with van der Waals surface area (Å²) < 4.78 is 7.17. The lowest BCUT2D eigenvalue weighted by Gasteiger charge is -2.16. The average molecular weight is 348 g/mol. The molecule has 0 spiro atoms. The first-order valence-corrected chi connectivity index (χ1v) is 8.08. The first-order valence-electron chi connectivity index (χ1n) is 7.29. The number of rotatable bonds is 5. The van der Waals surface area contributed by atoms with E-state index in [4.69, 9.17) is 10.5 Å². The van der Waals surface area contributed by atoms with Crippen molar-refractivity contribution in [3.05, 3.63) is 57.6 Å². The molecule has 0 heterocycles. The topological polar surface area (TPSA) is 35.2 Å². The normalized spacial score (nSPS) is 12.2. The molecule has 0 aliphatic carbocycles. The van der Waals surface area contributed by atoms with Gasteiger partial charge in [0.25, 0.3) is 0 Å². The van der Waals surface area contributed by atoms with Crippen molar-refractivity contribution in [3.8, 4) is 11.5 Å². The Kier molecular flexibility index (Phi) is 5.43. The van der Waals surface area contributed by atoms with Crippen molar-refractivity contribution in [2.75, 3.05) is 0 Å². The zero-order valence-electron chi connectivity index (χ0n) is 12.8. The van der Waals surface area contributed by atoms with Gasteiger partial charge in [-0.15, -0.1) is 0 Å². The van der Waals surface area contributed by atoms with E-state index in [9.17, 15) is 0 Å². The first-order chi connectivity index (χ1) is 10.0. The number of aryl methyl sites for hydroxylation is 1. The minimum absolute atomic E-state index is 0.159. The number of benzene rings is 2. The molecule has 1 unspecified atom stereocenters. The van der Waals surface area contributed by atoms with Gasteiger partial charge in [0, 0.05) is 10.5 Å². The van der Waals surface area contributed by atoms with Crippen LogP contribution in [0.1, 0.15) is 30.0 Å². The Morgan fingerprint density at radius 1 is 1.14 bits per heavy atom. The number of nitrogens with two attached hydrogens (primary N) is 1. The number of halogens is 1. The van der Waals surface area contributed by atoms with Gasteiger partial charge in [0.2, 0.25) is 0 Å². The zero-order chi connectivity index (χ0) is 15.4. The number of hydrogen-bond acceptors (Lipinski definition) is 2. The smallest absolute Gasteiger partial charge is 0.131 e. The molecule has 2 nitrogen and oxygen atoms in total. The monoisotopic (exact) mass is 347 g/mol. The molecule has 0 bridgehead atoms. The van der Waals surface area contributed by atoms with Gasteiger partial charge in [-0.25, -0.2) is 0 Å². The standard InChI is InChI=1S/C18H22BrNO/c1-4-16(20)10-14-8-9-15(19)11-18(14)21-17-7-5-6-12(2)13(17)3/h5-9,11,16H,4,10,20H2,1-3H3. The van der Waals surface area contributed by atoms with Gasteiger partial charge in [0.15, 0.2) is 0 Å². The van der Waals surface area contributed by atoms with Crippen LogP contribution in [0.5, 0.6) is 11.5 Å². The molecule has 0 aliphatic heterocycles. The maximum atomic E-state index is 6.16. The fourth-order valence-electron chi connectivity index (χ4n) is 2.17. The highest BCUT2D eigenvalue weighted by atomic mass is 79.9. The fourth-order valence-corrected chi connectivity index (χ4v) is 2.51. The molecule has 3 heteroatoms. The van der Waals surface area contributed by atoms with Gasteiger partial charge in [0.05, 0.1) is 0 Å². The summed E-state index contributed by atoms with van der Waals surface area (Å²) in [6.07, 6.45) is 1.78. The van der Waals surface area contributed by atoms with Crippen LogP contribution in [0.3, 0.4) is 0 Å². The third kappa shape index (κ3) is 4.08. The molecule has 0 aromatic heterocycles. The Labute approximate surface area is 135 Å². The van der Waals surface area contributed by atoms with Gasteiger partial charge in [-0.1, -0.05) is 41.1 Å². The van der Waals surface area contributed by atoms with Crippen molar-refractivity contribution in [2.24, 2.45) is 5.73 Å². The third-order valence-corrected chi connectivity index (χ3v) is 4.30. The molecule has 0 fully saturated rings. The molecule has 0 radical (unpaired) electrons. The molecule has 0 amide bonds. The lowest BCUT2D eigenvalue weighted by atomic mass is 10.0. The van der Waals surface area contributed by atoms with Crippen LogP contribution in [0.2, 0.25) is 0 Å². The molecule has 0 saturated carbocycles. The van der Waals surface area contributed by atoms with E-state index >= 15 is 0 Å². The third-order valence-electron chi connectivity index (χ3n) is 3.81. The molecular formula is C18H22BrNO. The molecule has 2 aromatic carbocycles. The Bertz CT molecular complexity index is 625. The van der Waals surface area contributed by atoms with E-state index in [1.165, 1.54) is 11.1 Å². The highest BCUT2D eigenvalue weighted by molar-refractivity contribution is 9.10. The molecule has 2 N–H and O–H groups in total. The average Bonchev–Trinajstić information content (AvgIpc) is 2.46. The quantitative estimate of drug-likeness (QED) is 0.812. The number of hydrogen-bond donors (Lipinski definition) is 1. The summed E-state index contributed by atoms with van der Waals surface area (Å²) in [6, 6.07) is 12.4. The van der Waals surface area contributed by atoms with Crippen molar-refractivity contribution in [1.29, 1.82) is 0 Å². The van der Waals surface area contributed by atoms with Gasteiger partial charge < -0.3 is 10.5 Å². The largest absolute Gasteiger partial charge is 0.457 e. The number of ether oxygens (including phenoxy) is 1. The van der Waals surface area contributed by atoms with Gasteiger partial charge in [-0.3, -0.25) is 0 Å². The molecule has 1 atom stereocenters. The van der Waals surface area contributed by atoms with Crippen molar-refractivity contribution >= 4 is 15.9 Å². The lowest BCUT2D eigenvalue weighted by molar-refractivity contribution is 0.468. The summed E-state index contributed by atoms with van der Waals surface area (Å²) in [6.45, 7) is 6.28. The Hall–Kier alpha value is -1.32. The molecule has 2 rings (SSSR count). The fraction of sp³-hybridized carbons (Fsp3) is 0.333. The van der Waals surface area contributed by atoms with E-state index in [0.29, 0.717) is 0 Å². The molecule has 21 heavy (non-hydrogen) atoms. The maximum absolute atomic E-state index is 6.16. The van der Waals surface area contributed by atoms with E-state index in [2.05, 4.69) is 48.8 Å². The first kappa shape index (κ1) is 16.1. The lowest BCUT2D eigenvalue weighted by Crippen LogP contribution is -2.21. The second-order valence-electron chi connectivity index (χ2n) is 5.42. The predicted octanol–water partition coefficient (Wildman–Crippen LogP) is 5.14. The molecule has 0 aliphatic rings. The van der Waals surface area contributed by atoms with Crippen LogP contribution < -0.4 is 10.5 Å². The van der Waals surface area contributed by atoms with E-state index < -0.39 is 0 Å². The van der Waals surface area contributed by atoms with Crippen molar-refractivity contribution in [2.45, 2.75) is 39.7 Å². The van der Waals surface area contributed by atoms with Crippen LogP contribution in [0, 0.1) is 13.8 Å². The van der Waals surface area contributed by atoms with Gasteiger partial charge in [0.1, 0.15) is 11.5 Å². The van der Waals surface area contributed by atoms with E-state index in [0.717, 1.165) is 34.4 Å². The second kappa shape index (κ2) is 7.10. The van der Waals surface area contributed by atoms with Crippen LogP contribution in [0.25, 0.3) is 0 Å². The van der Waals surface area contributed by atoms with E-state index in [1.54, 1.807) is 0 Å². The molecule has 0 saturated heterocycles. The molecule has 112 valence electrons. The van der Waals surface area contributed by atoms with Crippen LogP contribution >= 0.6 is 15.9 Å². The van der Waals surface area contributed by atoms with Crippen LogP contribution in [-0.4, -0.2) is 6.04 Å². The summed E-state index contributed by atoms with van der Waals surface area (Å²) in [5, 5.41) is 0. The highest BCUT2D eigenvalue weighted by Gasteiger charge is 2.11. The van der Waals surface area contributed by atoms with Crippen LogP contribution in [0.4, 0.5) is 0 Å². The maximum Gasteiger partial charge on any atom is 0.131 e. The van der Waals surface area contributed by atoms with Gasteiger partial charge in [-0.05, 0) is 61.6 Å². The molecular weight excluding hydrogens is 326 g/mol. The summed E-state index contributed by atoms with van der Waals surface area (Å²) in [4.78, 5) is 0. The Morgan fingerprint density at radius 2 is 1.90 bits per heavy atom. The van der Waals surface area contributed by atoms with Crippen LogP contribution in [0.15, 0.2) is 40.9 Å². The Morgan fingerprint density at radius 3 is 2.62 bits per heavy atom. The minimum atomic E-state index is 0.159. The van der Waals surface area contributed by atoms with Crippen molar-refractivity contribution in [3.63, 3.8) is 0 Å². The van der Waals surface area contributed by atoms with Crippen LogP contribution in [-0.2, 0) is 6.42 Å². The van der Waals surface area contributed by atoms with Crippen molar-refractivity contribution < 1.29 is 4.74 Å². The second-order valence-corrected chi connectivity index (χ2v) is 6.34. The van der Waals surface area contributed by atoms with Gasteiger partial charge in [-0.2, -0.15) is 0 Å². The summed E-state index contributed by atoms with van der Waals surface area (Å²) in [5.74, 6) is 1.78.